The van der Waals surface area contributed by atoms with Crippen LogP contribution in [0.4, 0.5) is 0 Å². The molecule has 1 spiro atoms. The second-order valence-electron chi connectivity index (χ2n) is 9.25. The molecule has 0 heterocycles. The third-order valence-corrected chi connectivity index (χ3v) is 7.63. The van der Waals surface area contributed by atoms with Gasteiger partial charge in [-0.2, -0.15) is 0 Å². The Kier molecular flexibility index (Phi) is 4.49. The molecule has 0 amide bonds. The van der Waals surface area contributed by atoms with E-state index in [1.54, 1.807) is 0 Å². The Labute approximate surface area is 152 Å². The topological polar surface area (TPSA) is 46.5 Å². The minimum Gasteiger partial charge on any atom is -0.460 e. The van der Waals surface area contributed by atoms with Gasteiger partial charge in [-0.05, 0) is 69.7 Å². The van der Waals surface area contributed by atoms with Gasteiger partial charge < -0.3 is 9.53 Å². The fraction of sp³-hybridized carbons (Fsp3) is 0.571. The van der Waals surface area contributed by atoms with E-state index < -0.39 is 13.9 Å². The Morgan fingerprint density at radius 3 is 2.28 bits per heavy atom. The van der Waals surface area contributed by atoms with Crippen molar-refractivity contribution in [2.45, 2.75) is 64.3 Å². The minimum absolute atomic E-state index is 0.0963. The van der Waals surface area contributed by atoms with Gasteiger partial charge in [0.2, 0.25) is 0 Å². The predicted molar refractivity (Wildman–Crippen MR) is 103 cm³/mol. The summed E-state index contributed by atoms with van der Waals surface area (Å²) in [6, 6.07) is 10.4. The van der Waals surface area contributed by atoms with Crippen LogP contribution in [0.5, 0.6) is 0 Å². The summed E-state index contributed by atoms with van der Waals surface area (Å²) in [7, 11) is -2.54. The Morgan fingerprint density at radius 2 is 1.80 bits per heavy atom. The van der Waals surface area contributed by atoms with E-state index >= 15 is 0 Å². The summed E-state index contributed by atoms with van der Waals surface area (Å²) in [5.74, 6) is -0.386. The maximum atomic E-state index is 12.9. The molecule has 3 rings (SSSR count). The molecule has 1 fully saturated rings. The lowest BCUT2D eigenvalue weighted by atomic mass is 9.75. The van der Waals surface area contributed by atoms with Crippen molar-refractivity contribution in [3.8, 4) is 0 Å². The molecular formula is C21H30O3Si. The monoisotopic (exact) mass is 358 g/mol. The van der Waals surface area contributed by atoms with Crippen molar-refractivity contribution in [2.24, 2.45) is 11.3 Å². The number of esters is 1. The summed E-state index contributed by atoms with van der Waals surface area (Å²) in [6.07, 6.45) is 5.25. The Bertz CT molecular complexity index is 675. The maximum Gasteiger partial charge on any atom is 0.309 e. The first-order valence-electron chi connectivity index (χ1n) is 9.25. The van der Waals surface area contributed by atoms with E-state index in [4.69, 9.17) is 4.74 Å². The standard InChI is InChI=1S/C21H30O3Si/c1-20(2,3)24-19(22)16-14-21(11-12-21)17(13-18(16)25(4,5)23)15-9-7-6-8-10-15/h6-10,13,16,18,23H,11-12,14H2,1-5H3. The fourth-order valence-corrected chi connectivity index (χ4v) is 5.89. The van der Waals surface area contributed by atoms with E-state index in [1.807, 2.05) is 39.9 Å². The normalized spacial score (nSPS) is 25.4. The van der Waals surface area contributed by atoms with Crippen LogP contribution in [0.1, 0.15) is 45.6 Å². The van der Waals surface area contributed by atoms with E-state index in [0.717, 1.165) is 19.3 Å². The maximum absolute atomic E-state index is 12.9. The molecule has 0 saturated heterocycles. The number of hydrogen-bond acceptors (Lipinski definition) is 3. The van der Waals surface area contributed by atoms with Crippen LogP contribution in [0.2, 0.25) is 18.6 Å². The van der Waals surface area contributed by atoms with Crippen LogP contribution in [0.3, 0.4) is 0 Å². The zero-order valence-electron chi connectivity index (χ0n) is 16.0. The van der Waals surface area contributed by atoms with Gasteiger partial charge in [-0.1, -0.05) is 36.4 Å². The Balaban J connectivity index is 2.00. The van der Waals surface area contributed by atoms with Gasteiger partial charge in [0.05, 0.1) is 5.92 Å². The van der Waals surface area contributed by atoms with Crippen molar-refractivity contribution in [1.82, 2.24) is 0 Å². The van der Waals surface area contributed by atoms with Crippen LogP contribution >= 0.6 is 0 Å². The van der Waals surface area contributed by atoms with E-state index in [9.17, 15) is 9.59 Å². The molecule has 2 unspecified atom stereocenters. The van der Waals surface area contributed by atoms with Gasteiger partial charge in [-0.3, -0.25) is 4.79 Å². The number of allylic oxidation sites excluding steroid dienone is 2. The molecule has 0 bridgehead atoms. The zero-order chi connectivity index (χ0) is 18.5. The van der Waals surface area contributed by atoms with Gasteiger partial charge in [-0.15, -0.1) is 0 Å². The first-order chi connectivity index (χ1) is 11.5. The molecule has 4 heteroatoms. The van der Waals surface area contributed by atoms with Crippen molar-refractivity contribution in [3.05, 3.63) is 42.0 Å². The van der Waals surface area contributed by atoms with Crippen molar-refractivity contribution >= 4 is 19.9 Å². The molecule has 1 aromatic rings. The molecule has 1 N–H and O–H groups in total. The number of rotatable bonds is 3. The number of ether oxygens (including phenoxy) is 1. The van der Waals surface area contributed by atoms with Crippen LogP contribution in [0.15, 0.2) is 36.4 Å². The van der Waals surface area contributed by atoms with Gasteiger partial charge in [0.25, 0.3) is 0 Å². The second kappa shape index (κ2) is 6.10. The third kappa shape index (κ3) is 3.90. The van der Waals surface area contributed by atoms with Crippen LogP contribution in [0, 0.1) is 11.3 Å². The Morgan fingerprint density at radius 1 is 1.20 bits per heavy atom. The summed E-state index contributed by atoms with van der Waals surface area (Å²) in [5, 5.41) is 0. The molecular weight excluding hydrogens is 328 g/mol. The molecule has 0 radical (unpaired) electrons. The van der Waals surface area contributed by atoms with E-state index in [0.29, 0.717) is 0 Å². The third-order valence-electron chi connectivity index (χ3n) is 5.43. The summed E-state index contributed by atoms with van der Waals surface area (Å²) in [6.45, 7) is 9.57. The molecule has 2 aliphatic carbocycles. The van der Waals surface area contributed by atoms with Gasteiger partial charge in [0.15, 0.2) is 8.32 Å². The highest BCUT2D eigenvalue weighted by molar-refractivity contribution is 6.72. The number of carbonyl (C=O) groups is 1. The molecule has 2 aliphatic rings. The lowest BCUT2D eigenvalue weighted by Gasteiger charge is -2.40. The van der Waals surface area contributed by atoms with E-state index in [-0.39, 0.29) is 22.8 Å². The number of hydrogen-bond donors (Lipinski definition) is 1. The Hall–Kier alpha value is -1.39. The summed E-state index contributed by atoms with van der Waals surface area (Å²) < 4.78 is 5.71. The zero-order valence-corrected chi connectivity index (χ0v) is 17.0. The fourth-order valence-electron chi connectivity index (χ4n) is 4.08. The van der Waals surface area contributed by atoms with Crippen molar-refractivity contribution < 1.29 is 14.3 Å². The van der Waals surface area contributed by atoms with Gasteiger partial charge in [0.1, 0.15) is 5.60 Å². The first kappa shape index (κ1) is 18.4. The van der Waals surface area contributed by atoms with Crippen LogP contribution < -0.4 is 0 Å². The molecule has 136 valence electrons. The van der Waals surface area contributed by atoms with Crippen LogP contribution in [-0.4, -0.2) is 24.7 Å². The first-order valence-corrected chi connectivity index (χ1v) is 12.3. The average Bonchev–Trinajstić information content (AvgIpc) is 3.25. The highest BCUT2D eigenvalue weighted by Gasteiger charge is 2.55. The van der Waals surface area contributed by atoms with Crippen LogP contribution in [-0.2, 0) is 9.53 Å². The summed E-state index contributed by atoms with van der Waals surface area (Å²) in [5.41, 5.74) is 2.05. The number of benzene rings is 1. The molecule has 3 nitrogen and oxygen atoms in total. The molecule has 0 aromatic heterocycles. The number of carbonyl (C=O) groups excluding carboxylic acids is 1. The van der Waals surface area contributed by atoms with Crippen molar-refractivity contribution in [3.63, 3.8) is 0 Å². The van der Waals surface area contributed by atoms with Gasteiger partial charge >= 0.3 is 5.97 Å². The quantitative estimate of drug-likeness (QED) is 0.625. The van der Waals surface area contributed by atoms with Gasteiger partial charge in [0, 0.05) is 5.54 Å². The lowest BCUT2D eigenvalue weighted by Crippen LogP contribution is -2.44. The SMILES string of the molecule is CC(C)(C)OC(=O)C1CC2(CC2)C(c2ccccc2)=CC1[Si](C)(C)O. The molecule has 1 aromatic carbocycles. The van der Waals surface area contributed by atoms with Gasteiger partial charge in [-0.25, -0.2) is 0 Å². The molecule has 0 aliphatic heterocycles. The predicted octanol–water partition coefficient (Wildman–Crippen LogP) is 4.78. The van der Waals surface area contributed by atoms with Crippen molar-refractivity contribution in [1.29, 1.82) is 0 Å². The highest BCUT2D eigenvalue weighted by atomic mass is 28.4. The molecule has 2 atom stereocenters. The summed E-state index contributed by atoms with van der Waals surface area (Å²) in [4.78, 5) is 23.8. The smallest absolute Gasteiger partial charge is 0.309 e. The second-order valence-corrected chi connectivity index (χ2v) is 13.2. The molecule has 25 heavy (non-hydrogen) atoms. The van der Waals surface area contributed by atoms with E-state index in [1.165, 1.54) is 11.1 Å². The van der Waals surface area contributed by atoms with E-state index in [2.05, 4.69) is 30.3 Å². The minimum atomic E-state index is -2.54. The summed E-state index contributed by atoms with van der Waals surface area (Å²) >= 11 is 0. The molecule has 1 saturated carbocycles. The largest absolute Gasteiger partial charge is 0.460 e. The average molecular weight is 359 g/mol. The highest BCUT2D eigenvalue weighted by Crippen LogP contribution is 2.64. The van der Waals surface area contributed by atoms with Crippen LogP contribution in [0.25, 0.3) is 5.57 Å². The lowest BCUT2D eigenvalue weighted by molar-refractivity contribution is -0.160. The van der Waals surface area contributed by atoms with Crippen molar-refractivity contribution in [2.75, 3.05) is 0 Å².